The molecule has 154 valence electrons. The van der Waals surface area contributed by atoms with E-state index < -0.39 is 4.92 Å². The van der Waals surface area contributed by atoms with Crippen LogP contribution in [-0.4, -0.2) is 37.2 Å². The van der Waals surface area contributed by atoms with Crippen molar-refractivity contribution in [1.82, 2.24) is 0 Å². The van der Waals surface area contributed by atoms with Crippen LogP contribution in [-0.2, 0) is 0 Å². The SMILES string of the molecule is COc1cc(C=C2CCC3CC=CC([N+](=O)[O-])=C3C2=NO)c(Br)c(OC)c1OC. The van der Waals surface area contributed by atoms with Crippen LogP contribution >= 0.6 is 15.9 Å². The summed E-state index contributed by atoms with van der Waals surface area (Å²) in [6, 6.07) is 1.77. The normalized spacial score (nSPS) is 21.3. The molecule has 0 saturated heterocycles. The Balaban J connectivity index is 2.16. The van der Waals surface area contributed by atoms with Crippen LogP contribution in [0.4, 0.5) is 0 Å². The van der Waals surface area contributed by atoms with Crippen molar-refractivity contribution in [3.05, 3.63) is 55.2 Å². The Kier molecular flexibility index (Phi) is 6.26. The third-order valence-corrected chi connectivity index (χ3v) is 5.94. The van der Waals surface area contributed by atoms with Gasteiger partial charge in [-0.15, -0.1) is 0 Å². The Morgan fingerprint density at radius 3 is 2.59 bits per heavy atom. The number of rotatable bonds is 5. The molecule has 0 spiro atoms. The van der Waals surface area contributed by atoms with E-state index in [1.807, 2.05) is 6.08 Å². The van der Waals surface area contributed by atoms with E-state index in [0.29, 0.717) is 51.3 Å². The standard InChI is InChI=1S/C20H21BrN2O6/c1-27-15-10-13(17(21)20(29-3)19(15)28-2)9-12-8-7-11-5-4-6-14(23(25)26)16(11)18(12)22-24/h4,6,9-11,24H,5,7-8H2,1-3H3. The lowest BCUT2D eigenvalue weighted by atomic mass is 9.75. The second kappa shape index (κ2) is 8.69. The lowest BCUT2D eigenvalue weighted by Gasteiger charge is -2.28. The van der Waals surface area contributed by atoms with Gasteiger partial charge in [0.1, 0.15) is 5.71 Å². The van der Waals surface area contributed by atoms with Gasteiger partial charge in [0.25, 0.3) is 5.70 Å². The number of methoxy groups -OCH3 is 3. The molecule has 1 saturated carbocycles. The zero-order valence-electron chi connectivity index (χ0n) is 16.3. The van der Waals surface area contributed by atoms with Gasteiger partial charge in [-0.2, -0.15) is 0 Å². The third kappa shape index (κ3) is 3.74. The van der Waals surface area contributed by atoms with Crippen molar-refractivity contribution in [2.45, 2.75) is 19.3 Å². The first-order valence-corrected chi connectivity index (χ1v) is 9.73. The minimum absolute atomic E-state index is 0.0244. The van der Waals surface area contributed by atoms with Crippen molar-refractivity contribution in [3.8, 4) is 17.2 Å². The molecule has 1 fully saturated rings. The summed E-state index contributed by atoms with van der Waals surface area (Å²) >= 11 is 3.53. The summed E-state index contributed by atoms with van der Waals surface area (Å²) in [4.78, 5) is 11.1. The van der Waals surface area contributed by atoms with Crippen molar-refractivity contribution >= 4 is 27.7 Å². The summed E-state index contributed by atoms with van der Waals surface area (Å²) in [6.45, 7) is 0. The molecule has 1 atom stereocenters. The second-order valence-electron chi connectivity index (χ2n) is 6.60. The highest BCUT2D eigenvalue weighted by atomic mass is 79.9. The Labute approximate surface area is 176 Å². The summed E-state index contributed by atoms with van der Waals surface area (Å²) < 4.78 is 16.9. The number of hydrogen-bond donors (Lipinski definition) is 1. The number of hydrogen-bond acceptors (Lipinski definition) is 7. The number of allylic oxidation sites excluding steroid dienone is 4. The van der Waals surface area contributed by atoms with Gasteiger partial charge in [-0.05, 0) is 64.4 Å². The summed E-state index contributed by atoms with van der Waals surface area (Å²) in [5.74, 6) is 1.34. The molecule has 1 aromatic carbocycles. The van der Waals surface area contributed by atoms with E-state index in [1.54, 1.807) is 12.1 Å². The number of nitro groups is 1. The van der Waals surface area contributed by atoms with Gasteiger partial charge in [0, 0.05) is 6.08 Å². The minimum Gasteiger partial charge on any atom is -0.493 e. The molecule has 0 bridgehead atoms. The van der Waals surface area contributed by atoms with E-state index in [0.717, 1.165) is 6.42 Å². The van der Waals surface area contributed by atoms with Gasteiger partial charge in [-0.1, -0.05) is 11.2 Å². The fourth-order valence-electron chi connectivity index (χ4n) is 3.81. The zero-order valence-corrected chi connectivity index (χ0v) is 17.9. The number of ether oxygens (including phenoxy) is 3. The summed E-state index contributed by atoms with van der Waals surface area (Å²) in [7, 11) is 4.56. The first-order valence-electron chi connectivity index (χ1n) is 8.93. The van der Waals surface area contributed by atoms with Crippen LogP contribution in [0.25, 0.3) is 6.08 Å². The van der Waals surface area contributed by atoms with Crippen molar-refractivity contribution in [3.63, 3.8) is 0 Å². The van der Waals surface area contributed by atoms with Crippen LogP contribution in [0.1, 0.15) is 24.8 Å². The highest BCUT2D eigenvalue weighted by Gasteiger charge is 2.36. The zero-order chi connectivity index (χ0) is 21.1. The Hall–Kier alpha value is -2.81. The van der Waals surface area contributed by atoms with Gasteiger partial charge in [-0.25, -0.2) is 0 Å². The first kappa shape index (κ1) is 20.9. The van der Waals surface area contributed by atoms with Crippen LogP contribution < -0.4 is 14.2 Å². The summed E-state index contributed by atoms with van der Waals surface area (Å²) in [5.41, 5.74) is 2.11. The Morgan fingerprint density at radius 2 is 2.00 bits per heavy atom. The maximum atomic E-state index is 11.5. The van der Waals surface area contributed by atoms with Gasteiger partial charge >= 0.3 is 0 Å². The number of halogens is 1. The second-order valence-corrected chi connectivity index (χ2v) is 7.39. The largest absolute Gasteiger partial charge is 0.493 e. The number of oxime groups is 1. The molecule has 29 heavy (non-hydrogen) atoms. The van der Waals surface area contributed by atoms with Crippen molar-refractivity contribution in [2.75, 3.05) is 21.3 Å². The van der Waals surface area contributed by atoms with E-state index in [-0.39, 0.29) is 17.3 Å². The molecule has 2 aliphatic rings. The van der Waals surface area contributed by atoms with Crippen molar-refractivity contribution in [1.29, 1.82) is 0 Å². The third-order valence-electron chi connectivity index (χ3n) is 5.13. The molecule has 0 heterocycles. The van der Waals surface area contributed by atoms with Crippen LogP contribution in [0.5, 0.6) is 17.2 Å². The highest BCUT2D eigenvalue weighted by Crippen LogP contribution is 2.46. The number of fused-ring (bicyclic) bond motifs is 1. The van der Waals surface area contributed by atoms with E-state index in [2.05, 4.69) is 21.1 Å². The fourth-order valence-corrected chi connectivity index (χ4v) is 4.38. The average molecular weight is 465 g/mol. The van der Waals surface area contributed by atoms with Gasteiger partial charge in [-0.3, -0.25) is 10.1 Å². The Morgan fingerprint density at radius 1 is 1.28 bits per heavy atom. The van der Waals surface area contributed by atoms with Gasteiger partial charge < -0.3 is 19.4 Å². The highest BCUT2D eigenvalue weighted by molar-refractivity contribution is 9.10. The van der Waals surface area contributed by atoms with Crippen LogP contribution in [0.15, 0.2) is 44.7 Å². The lowest BCUT2D eigenvalue weighted by Crippen LogP contribution is -2.26. The number of nitrogens with zero attached hydrogens (tertiary/aromatic N) is 2. The quantitative estimate of drug-likeness (QED) is 0.388. The van der Waals surface area contributed by atoms with E-state index >= 15 is 0 Å². The summed E-state index contributed by atoms with van der Waals surface area (Å²) in [5, 5.41) is 24.7. The fraction of sp³-hybridized carbons (Fsp3) is 0.350. The molecule has 9 heteroatoms. The van der Waals surface area contributed by atoms with Crippen LogP contribution in [0.2, 0.25) is 0 Å². The molecule has 0 aliphatic heterocycles. The molecule has 1 N–H and O–H groups in total. The molecule has 0 radical (unpaired) electrons. The minimum atomic E-state index is -0.429. The van der Waals surface area contributed by atoms with Crippen LogP contribution in [0.3, 0.4) is 0 Å². The van der Waals surface area contributed by atoms with Gasteiger partial charge in [0.05, 0.1) is 36.3 Å². The predicted octanol–water partition coefficient (Wildman–Crippen LogP) is 4.59. The first-order chi connectivity index (χ1) is 14.0. The van der Waals surface area contributed by atoms with Gasteiger partial charge in [0.2, 0.25) is 5.75 Å². The van der Waals surface area contributed by atoms with Crippen molar-refractivity contribution in [2.24, 2.45) is 11.1 Å². The van der Waals surface area contributed by atoms with Crippen molar-refractivity contribution < 1.29 is 24.3 Å². The summed E-state index contributed by atoms with van der Waals surface area (Å²) in [6.07, 6.45) is 7.13. The van der Waals surface area contributed by atoms with E-state index in [1.165, 1.54) is 27.4 Å². The predicted molar refractivity (Wildman–Crippen MR) is 111 cm³/mol. The van der Waals surface area contributed by atoms with Crippen LogP contribution in [0, 0.1) is 16.0 Å². The number of benzene rings is 1. The maximum Gasteiger partial charge on any atom is 0.274 e. The molecule has 1 aromatic rings. The molecule has 0 amide bonds. The maximum absolute atomic E-state index is 11.5. The van der Waals surface area contributed by atoms with E-state index in [9.17, 15) is 15.3 Å². The molecular weight excluding hydrogens is 444 g/mol. The lowest BCUT2D eigenvalue weighted by molar-refractivity contribution is -0.420. The van der Waals surface area contributed by atoms with E-state index in [4.69, 9.17) is 14.2 Å². The topological polar surface area (TPSA) is 103 Å². The molecule has 8 nitrogen and oxygen atoms in total. The molecule has 2 aliphatic carbocycles. The average Bonchev–Trinajstić information content (AvgIpc) is 2.73. The Bertz CT molecular complexity index is 964. The molecule has 0 aromatic heterocycles. The monoisotopic (exact) mass is 464 g/mol. The molecular formula is C20H21BrN2O6. The molecule has 3 rings (SSSR count). The van der Waals surface area contributed by atoms with Gasteiger partial charge in [0.15, 0.2) is 11.5 Å². The molecule has 1 unspecified atom stereocenters. The smallest absolute Gasteiger partial charge is 0.274 e.